The van der Waals surface area contributed by atoms with Crippen molar-refractivity contribution in [3.8, 4) is 0 Å². The van der Waals surface area contributed by atoms with Gasteiger partial charge in [-0.3, -0.25) is 19.7 Å². The average Bonchev–Trinajstić information content (AvgIpc) is 2.63. The first-order chi connectivity index (χ1) is 13.8. The molecule has 0 aromatic rings. The van der Waals surface area contributed by atoms with Crippen molar-refractivity contribution in [1.82, 2.24) is 10.6 Å². The highest BCUT2D eigenvalue weighted by Gasteiger charge is 2.51. The molecule has 0 aliphatic heterocycles. The van der Waals surface area contributed by atoms with Gasteiger partial charge in [0.05, 0.1) is 5.54 Å². The predicted molar refractivity (Wildman–Crippen MR) is 125 cm³/mol. The minimum absolute atomic E-state index is 0.0632. The topological polar surface area (TPSA) is 95.5 Å². The third-order valence-electron chi connectivity index (χ3n) is 7.72. The lowest BCUT2D eigenvalue weighted by atomic mass is 9.61. The molecule has 0 saturated heterocycles. The van der Waals surface area contributed by atoms with Gasteiger partial charge in [0.2, 0.25) is 0 Å². The van der Waals surface area contributed by atoms with Gasteiger partial charge in [-0.15, -0.1) is 0 Å². The molecule has 0 aromatic heterocycles. The van der Waals surface area contributed by atoms with Gasteiger partial charge in [-0.05, 0) is 79.7 Å². The molecule has 1 rings (SSSR count). The Hall–Kier alpha value is -1.27. The Balaban J connectivity index is 2.89. The summed E-state index contributed by atoms with van der Waals surface area (Å²) in [7, 11) is 0. The zero-order chi connectivity index (χ0) is 24.4. The second kappa shape index (κ2) is 9.70. The van der Waals surface area contributed by atoms with Crippen molar-refractivity contribution in [2.45, 2.75) is 112 Å². The van der Waals surface area contributed by atoms with Gasteiger partial charge < -0.3 is 10.4 Å². The molecule has 6 nitrogen and oxygen atoms in total. The minimum atomic E-state index is -1.04. The molecule has 1 saturated carbocycles. The second-order valence-corrected chi connectivity index (χ2v) is 12.2. The van der Waals surface area contributed by atoms with E-state index < -0.39 is 28.4 Å². The van der Waals surface area contributed by atoms with E-state index in [0.717, 1.165) is 32.2 Å². The second-order valence-electron chi connectivity index (χ2n) is 12.2. The van der Waals surface area contributed by atoms with Crippen LogP contribution < -0.4 is 10.6 Å². The van der Waals surface area contributed by atoms with Crippen molar-refractivity contribution in [1.29, 1.82) is 0 Å². The molecule has 180 valence electrons. The fourth-order valence-electron chi connectivity index (χ4n) is 4.39. The Morgan fingerprint density at radius 2 is 1.39 bits per heavy atom. The molecule has 0 heterocycles. The molecular weight excluding hydrogens is 392 g/mol. The van der Waals surface area contributed by atoms with E-state index in [9.17, 15) is 19.5 Å². The number of hydrogen-bond acceptors (Lipinski definition) is 5. The maximum absolute atomic E-state index is 13.4. The van der Waals surface area contributed by atoms with E-state index in [2.05, 4.69) is 31.4 Å². The molecular formula is C25H46N2O4. The summed E-state index contributed by atoms with van der Waals surface area (Å²) in [5, 5.41) is 16.7. The SMILES string of the molecule is CC(=O)C(C)(C)C(C)(C)[C@H](NC(C)(C)C(=O)C1CCC(CNC(C)(C)C)CC1)C(=O)O. The first-order valence-corrected chi connectivity index (χ1v) is 11.6. The molecule has 1 aliphatic rings. The number of carboxylic acids is 1. The maximum atomic E-state index is 13.4. The quantitative estimate of drug-likeness (QED) is 0.473. The van der Waals surface area contributed by atoms with Crippen LogP contribution in [-0.4, -0.2) is 46.3 Å². The van der Waals surface area contributed by atoms with Crippen LogP contribution in [0.1, 0.15) is 94.9 Å². The van der Waals surface area contributed by atoms with Crippen LogP contribution in [0, 0.1) is 22.7 Å². The molecule has 6 heteroatoms. The Kier molecular flexibility index (Phi) is 8.68. The molecule has 0 unspecified atom stereocenters. The van der Waals surface area contributed by atoms with Gasteiger partial charge in [-0.2, -0.15) is 0 Å². The van der Waals surface area contributed by atoms with Crippen LogP contribution in [0.2, 0.25) is 0 Å². The van der Waals surface area contributed by atoms with Crippen molar-refractivity contribution >= 4 is 17.5 Å². The first-order valence-electron chi connectivity index (χ1n) is 11.6. The van der Waals surface area contributed by atoms with Crippen molar-refractivity contribution < 1.29 is 19.5 Å². The minimum Gasteiger partial charge on any atom is -0.480 e. The lowest BCUT2D eigenvalue weighted by Crippen LogP contribution is -2.63. The smallest absolute Gasteiger partial charge is 0.321 e. The normalized spacial score (nSPS) is 22.1. The van der Waals surface area contributed by atoms with E-state index in [4.69, 9.17) is 0 Å². The van der Waals surface area contributed by atoms with Gasteiger partial charge in [0.15, 0.2) is 5.78 Å². The summed E-state index contributed by atoms with van der Waals surface area (Å²) in [5.41, 5.74) is -2.65. The average molecular weight is 439 g/mol. The van der Waals surface area contributed by atoms with Crippen LogP contribution in [0.15, 0.2) is 0 Å². The highest BCUT2D eigenvalue weighted by atomic mass is 16.4. The Bertz CT molecular complexity index is 665. The molecule has 0 amide bonds. The lowest BCUT2D eigenvalue weighted by molar-refractivity contribution is -0.150. The van der Waals surface area contributed by atoms with Crippen molar-refractivity contribution in [3.05, 3.63) is 0 Å². The Morgan fingerprint density at radius 1 is 0.903 bits per heavy atom. The molecule has 3 N–H and O–H groups in total. The third-order valence-corrected chi connectivity index (χ3v) is 7.72. The van der Waals surface area contributed by atoms with Gasteiger partial charge in [-0.25, -0.2) is 0 Å². The van der Waals surface area contributed by atoms with E-state index in [1.807, 2.05) is 0 Å². The third kappa shape index (κ3) is 6.85. The largest absolute Gasteiger partial charge is 0.480 e. The maximum Gasteiger partial charge on any atom is 0.321 e. The number of rotatable bonds is 10. The van der Waals surface area contributed by atoms with Gasteiger partial charge >= 0.3 is 5.97 Å². The number of hydrogen-bond donors (Lipinski definition) is 3. The molecule has 0 radical (unpaired) electrons. The first kappa shape index (κ1) is 27.8. The van der Waals surface area contributed by atoms with Crippen LogP contribution in [0.25, 0.3) is 0 Å². The van der Waals surface area contributed by atoms with Gasteiger partial charge in [0, 0.05) is 22.3 Å². The zero-order valence-electron chi connectivity index (χ0n) is 21.4. The standard InChI is InChI=1S/C25H46N2O4/c1-16(28)23(5,6)24(7,8)19(21(30)31)27-25(9,10)20(29)18-13-11-17(12-14-18)15-26-22(2,3)4/h17-19,26-27H,11-15H2,1-10H3,(H,30,31)/t17?,18?,19-/m1/s1. The summed E-state index contributed by atoms with van der Waals surface area (Å²) in [5.74, 6) is -0.542. The summed E-state index contributed by atoms with van der Waals surface area (Å²) in [4.78, 5) is 37.8. The van der Waals surface area contributed by atoms with E-state index in [-0.39, 0.29) is 23.0 Å². The van der Waals surface area contributed by atoms with E-state index in [0.29, 0.717) is 5.92 Å². The van der Waals surface area contributed by atoms with E-state index >= 15 is 0 Å². The Labute approximate surface area is 189 Å². The number of carbonyl (C=O) groups is 3. The van der Waals surface area contributed by atoms with Crippen LogP contribution >= 0.6 is 0 Å². The summed E-state index contributed by atoms with van der Waals surface area (Å²) in [6.07, 6.45) is 3.67. The van der Waals surface area contributed by atoms with Gasteiger partial charge in [0.25, 0.3) is 0 Å². The highest BCUT2D eigenvalue weighted by Crippen LogP contribution is 2.43. The van der Waals surface area contributed by atoms with E-state index in [1.165, 1.54) is 6.92 Å². The van der Waals surface area contributed by atoms with Gasteiger partial charge in [0.1, 0.15) is 11.8 Å². The monoisotopic (exact) mass is 438 g/mol. The molecule has 0 bridgehead atoms. The zero-order valence-corrected chi connectivity index (χ0v) is 21.4. The molecule has 0 aromatic carbocycles. The van der Waals surface area contributed by atoms with Crippen LogP contribution in [0.4, 0.5) is 0 Å². The summed E-state index contributed by atoms with van der Waals surface area (Å²) >= 11 is 0. The number of aliphatic carboxylic acids is 1. The van der Waals surface area contributed by atoms with Crippen molar-refractivity contribution in [2.75, 3.05) is 6.54 Å². The fraction of sp³-hybridized carbons (Fsp3) is 0.880. The molecule has 0 spiro atoms. The molecule has 1 aliphatic carbocycles. The molecule has 31 heavy (non-hydrogen) atoms. The summed E-state index contributed by atoms with van der Waals surface area (Å²) < 4.78 is 0. The van der Waals surface area contributed by atoms with Crippen LogP contribution in [-0.2, 0) is 14.4 Å². The number of Topliss-reactive ketones (excluding diaryl/α,β-unsaturated/α-hetero) is 2. The number of nitrogens with one attached hydrogen (secondary N) is 2. The summed E-state index contributed by atoms with van der Waals surface area (Å²) in [6.45, 7) is 19.6. The molecule has 1 fully saturated rings. The fourth-order valence-corrected chi connectivity index (χ4v) is 4.39. The number of carboxylic acid groups (broad SMARTS) is 1. The van der Waals surface area contributed by atoms with Gasteiger partial charge in [-0.1, -0.05) is 27.7 Å². The summed E-state index contributed by atoms with van der Waals surface area (Å²) in [6, 6.07) is -1.03. The Morgan fingerprint density at radius 3 is 1.77 bits per heavy atom. The predicted octanol–water partition coefficient (Wildman–Crippen LogP) is 4.21. The van der Waals surface area contributed by atoms with Crippen LogP contribution in [0.5, 0.6) is 0 Å². The van der Waals surface area contributed by atoms with E-state index in [1.54, 1.807) is 41.5 Å². The lowest BCUT2D eigenvalue weighted by Gasteiger charge is -2.46. The number of carbonyl (C=O) groups excluding carboxylic acids is 2. The van der Waals surface area contributed by atoms with Crippen molar-refractivity contribution in [2.24, 2.45) is 22.7 Å². The van der Waals surface area contributed by atoms with Crippen molar-refractivity contribution in [3.63, 3.8) is 0 Å². The molecule has 1 atom stereocenters. The van der Waals surface area contributed by atoms with Crippen LogP contribution in [0.3, 0.4) is 0 Å². The highest BCUT2D eigenvalue weighted by molar-refractivity contribution is 5.91. The number of ketones is 2.